The van der Waals surface area contributed by atoms with Crippen LogP contribution in [0, 0.1) is 23.7 Å². The summed E-state index contributed by atoms with van der Waals surface area (Å²) < 4.78 is 54.7. The summed E-state index contributed by atoms with van der Waals surface area (Å²) in [5, 5.41) is 29.9. The lowest BCUT2D eigenvalue weighted by Crippen LogP contribution is -2.57. The van der Waals surface area contributed by atoms with Gasteiger partial charge in [-0.2, -0.15) is 0 Å². The predicted octanol–water partition coefficient (Wildman–Crippen LogP) is 7.19. The van der Waals surface area contributed by atoms with Crippen LogP contribution < -0.4 is 22.1 Å². The normalized spacial score (nSPS) is 20.5. The molecule has 2 amide bonds. The largest absolute Gasteiger partial charge is 0.465 e. The topological polar surface area (TPSA) is 256 Å². The zero-order chi connectivity index (χ0) is 56.5. The van der Waals surface area contributed by atoms with Crippen LogP contribution in [-0.4, -0.2) is 95.2 Å². The van der Waals surface area contributed by atoms with E-state index in [0.717, 1.165) is 11.1 Å². The first-order valence-electron chi connectivity index (χ1n) is 27.2. The summed E-state index contributed by atoms with van der Waals surface area (Å²) in [6.07, 6.45) is -11.1. The van der Waals surface area contributed by atoms with Crippen LogP contribution >= 0.6 is 0 Å². The van der Waals surface area contributed by atoms with Crippen LogP contribution in [0.5, 0.6) is 0 Å². The first-order valence-corrected chi connectivity index (χ1v) is 27.2. The minimum atomic E-state index is -2.50. The van der Waals surface area contributed by atoms with Gasteiger partial charge in [-0.3, -0.25) is 28.8 Å². The summed E-state index contributed by atoms with van der Waals surface area (Å²) in [4.78, 5) is 82.4. The number of nitrogens with two attached hydrogens (primary N) is 2. The summed E-state index contributed by atoms with van der Waals surface area (Å²) in [5.41, 5.74) is 14.5. The van der Waals surface area contributed by atoms with Crippen LogP contribution in [0.1, 0.15) is 137 Å². The van der Waals surface area contributed by atoms with Crippen LogP contribution in [0.15, 0.2) is 109 Å². The first kappa shape index (κ1) is 60.9. The summed E-state index contributed by atoms with van der Waals surface area (Å²) in [5.74, 6) is -5.71. The Morgan fingerprint density at radius 3 is 1.26 bits per heavy atom. The van der Waals surface area contributed by atoms with Gasteiger partial charge in [0.2, 0.25) is 12.7 Å². The van der Waals surface area contributed by atoms with Gasteiger partial charge in [-0.25, -0.2) is 8.78 Å². The van der Waals surface area contributed by atoms with Gasteiger partial charge in [-0.05, 0) is 72.6 Å². The van der Waals surface area contributed by atoms with Crippen LogP contribution in [-0.2, 0) is 60.6 Å². The third-order valence-electron chi connectivity index (χ3n) is 15.2. The van der Waals surface area contributed by atoms with E-state index in [1.54, 1.807) is 60.7 Å². The number of carbonyl (C=O) groups is 6. The van der Waals surface area contributed by atoms with Crippen molar-refractivity contribution in [2.45, 2.75) is 153 Å². The van der Waals surface area contributed by atoms with Gasteiger partial charge >= 0.3 is 11.9 Å². The maximum Gasteiger partial charge on any atom is 0.323 e. The molecule has 0 radical (unpaired) electrons. The maximum atomic E-state index is 16.3. The SMILES string of the molecule is CC[C@H](C)[C@H](N)C(=O)OCCCCC(=O)[C@@H]1Cc2ccccc2[C@H]1NC(=O)[C@H](OC(F)c1ccccc1)[C@H](O)[C@@H](O)[C@@H](OC(F)c1ccccc1)C(=O)N[C@@H]1c2ccccc2C[C@H]1C(=O)CCCCOC(=O)[C@@H](N)[C@@H](C)CC. The summed E-state index contributed by atoms with van der Waals surface area (Å²) in [7, 11) is 0. The second kappa shape index (κ2) is 29.6. The molecule has 16 nitrogen and oxygen atoms in total. The number of ether oxygens (including phenoxy) is 4. The molecular formula is C60H76F2N4O12. The van der Waals surface area contributed by atoms with E-state index in [2.05, 4.69) is 10.6 Å². The Bertz CT molecular complexity index is 2440. The Morgan fingerprint density at radius 2 is 0.897 bits per heavy atom. The average molecular weight is 1080 g/mol. The molecule has 0 fully saturated rings. The standard InChI is InChI=1S/C60H76F2N4O12/c1-5-35(3)47(63)59(73)75-31-19-17-29-45(67)43-33-39-25-13-15-27-41(39)49(43)65-57(71)53(77-55(61)37-21-9-7-10-22-37)51(69)52(70)54(78-56(62)38-23-11-8-12-24-38)58(72)66-50-42-28-16-14-26-40(42)34-44(50)46(68)30-18-20-32-76-60(74)48(64)36(4)6-2/h7-16,21-28,35-36,43-44,47-56,69-70H,5-6,17-20,29-34,63-64H2,1-4H3,(H,65,71)(H,66,72)/t35-,36-,43-,44-,47-,48-,49+,50+,51+,52+,53+,54+,55?,56?/m0/s1. The number of aliphatic hydroxyl groups excluding tert-OH is 2. The maximum absolute atomic E-state index is 16.3. The van der Waals surface area contributed by atoms with Crippen LogP contribution in [0.4, 0.5) is 8.78 Å². The molecule has 0 spiro atoms. The number of esters is 2. The zero-order valence-corrected chi connectivity index (χ0v) is 44.8. The van der Waals surface area contributed by atoms with E-state index in [1.165, 1.54) is 48.5 Å². The number of hydrogen-bond donors (Lipinski definition) is 6. The fraction of sp³-hybridized carbons (Fsp3) is 0.500. The van der Waals surface area contributed by atoms with E-state index >= 15 is 8.78 Å². The zero-order valence-electron chi connectivity index (χ0n) is 44.8. The summed E-state index contributed by atoms with van der Waals surface area (Å²) in [6, 6.07) is 25.2. The van der Waals surface area contributed by atoms with Crippen molar-refractivity contribution >= 4 is 35.3 Å². The van der Waals surface area contributed by atoms with Gasteiger partial charge < -0.3 is 51.3 Å². The predicted molar refractivity (Wildman–Crippen MR) is 286 cm³/mol. The first-order chi connectivity index (χ1) is 37.4. The summed E-state index contributed by atoms with van der Waals surface area (Å²) >= 11 is 0. The number of fused-ring (bicyclic) bond motifs is 2. The number of hydrogen-bond acceptors (Lipinski definition) is 14. The lowest BCUT2D eigenvalue weighted by molar-refractivity contribution is -0.200. The molecule has 14 atom stereocenters. The number of benzene rings is 4. The van der Waals surface area contributed by atoms with Gasteiger partial charge in [0, 0.05) is 35.8 Å². The molecule has 0 bridgehead atoms. The minimum absolute atomic E-state index is 0.0467. The number of ketones is 2. The summed E-state index contributed by atoms with van der Waals surface area (Å²) in [6.45, 7) is 7.64. The quantitative estimate of drug-likeness (QED) is 0.0216. The Morgan fingerprint density at radius 1 is 0.551 bits per heavy atom. The fourth-order valence-electron chi connectivity index (χ4n) is 9.88. The Labute approximate surface area is 455 Å². The number of unbranched alkanes of at least 4 members (excludes halogenated alkanes) is 2. The molecule has 2 unspecified atom stereocenters. The Balaban J connectivity index is 1.23. The molecule has 0 saturated carbocycles. The number of nitrogens with one attached hydrogen (secondary N) is 2. The fourth-order valence-corrected chi connectivity index (χ4v) is 9.88. The van der Waals surface area contributed by atoms with Crippen molar-refractivity contribution in [2.24, 2.45) is 35.1 Å². The second-order valence-corrected chi connectivity index (χ2v) is 20.5. The van der Waals surface area contributed by atoms with Crippen molar-refractivity contribution < 1.29 is 66.7 Å². The highest BCUT2D eigenvalue weighted by Crippen LogP contribution is 2.40. The van der Waals surface area contributed by atoms with Crippen LogP contribution in [0.3, 0.4) is 0 Å². The van der Waals surface area contributed by atoms with Gasteiger partial charge in [-0.1, -0.05) is 150 Å². The molecule has 18 heteroatoms. The van der Waals surface area contributed by atoms with E-state index in [-0.39, 0.29) is 73.4 Å². The van der Waals surface area contributed by atoms with Gasteiger partial charge in [0.1, 0.15) is 35.9 Å². The third kappa shape index (κ3) is 15.9. The Hall–Kier alpha value is -6.28. The molecule has 8 N–H and O–H groups in total. The van der Waals surface area contributed by atoms with Gasteiger partial charge in [0.15, 0.2) is 12.2 Å². The van der Waals surface area contributed by atoms with Crippen molar-refractivity contribution in [1.82, 2.24) is 10.6 Å². The Kier molecular flexibility index (Phi) is 23.1. The van der Waals surface area contributed by atoms with E-state index < -0.39 is 96.9 Å². The number of carbonyl (C=O) groups excluding carboxylic acids is 6. The monoisotopic (exact) mass is 1080 g/mol. The third-order valence-corrected chi connectivity index (χ3v) is 15.2. The molecule has 2 aliphatic rings. The van der Waals surface area contributed by atoms with Crippen molar-refractivity contribution in [1.29, 1.82) is 0 Å². The molecule has 0 aromatic heterocycles. The van der Waals surface area contributed by atoms with Crippen LogP contribution in [0.25, 0.3) is 0 Å². The highest BCUT2D eigenvalue weighted by Gasteiger charge is 2.47. The molecule has 4 aromatic carbocycles. The number of aliphatic hydroxyl groups is 2. The highest BCUT2D eigenvalue weighted by atomic mass is 19.1. The highest BCUT2D eigenvalue weighted by molar-refractivity contribution is 5.88. The molecule has 6 rings (SSSR count). The van der Waals surface area contributed by atoms with Crippen molar-refractivity contribution in [3.63, 3.8) is 0 Å². The van der Waals surface area contributed by atoms with E-state index in [0.29, 0.717) is 49.7 Å². The molecule has 422 valence electrons. The minimum Gasteiger partial charge on any atom is -0.465 e. The molecular weight excluding hydrogens is 1010 g/mol. The van der Waals surface area contributed by atoms with Crippen molar-refractivity contribution in [3.8, 4) is 0 Å². The van der Waals surface area contributed by atoms with E-state index in [4.69, 9.17) is 30.4 Å². The number of rotatable bonds is 31. The molecule has 78 heavy (non-hydrogen) atoms. The molecule has 2 aliphatic carbocycles. The molecule has 0 saturated heterocycles. The van der Waals surface area contributed by atoms with Gasteiger partial charge in [0.25, 0.3) is 11.8 Å². The smallest absolute Gasteiger partial charge is 0.323 e. The number of alkyl halides is 2. The van der Waals surface area contributed by atoms with Crippen molar-refractivity contribution in [2.75, 3.05) is 13.2 Å². The van der Waals surface area contributed by atoms with Gasteiger partial charge in [-0.15, -0.1) is 0 Å². The second-order valence-electron chi connectivity index (χ2n) is 20.5. The average Bonchev–Trinajstić information content (AvgIpc) is 4.07. The van der Waals surface area contributed by atoms with E-state index in [9.17, 15) is 39.0 Å². The number of amides is 2. The van der Waals surface area contributed by atoms with E-state index in [1.807, 2.05) is 27.7 Å². The number of Topliss-reactive ketones (excluding diaryl/α,β-unsaturated/α-hetero) is 2. The molecule has 4 aromatic rings. The van der Waals surface area contributed by atoms with Gasteiger partial charge in [0.05, 0.1) is 25.3 Å². The van der Waals surface area contributed by atoms with Crippen LogP contribution in [0.2, 0.25) is 0 Å². The molecule has 0 heterocycles. The number of halogens is 2. The lowest BCUT2D eigenvalue weighted by atomic mass is 9.91. The molecule has 0 aliphatic heterocycles. The lowest BCUT2D eigenvalue weighted by Gasteiger charge is -2.33. The van der Waals surface area contributed by atoms with Crippen molar-refractivity contribution in [3.05, 3.63) is 143 Å².